The number of amides is 4. The molecule has 438 valence electrons. The van der Waals surface area contributed by atoms with Gasteiger partial charge < -0.3 is 107 Å². The second-order valence-corrected chi connectivity index (χ2v) is 23.2. The minimum Gasteiger partial charge on any atom is -0.469 e. The first-order valence-corrected chi connectivity index (χ1v) is 26.1. The van der Waals surface area contributed by atoms with Crippen molar-refractivity contribution in [1.29, 1.82) is 0 Å². The Morgan fingerprint density at radius 3 is 0.922 bits per heavy atom. The lowest BCUT2D eigenvalue weighted by molar-refractivity contribution is -0.221. The van der Waals surface area contributed by atoms with Gasteiger partial charge in [0.15, 0.2) is 48.3 Å². The monoisotopic (exact) mass is 1100 g/mol. The fourth-order valence-electron chi connectivity index (χ4n) is 11.5. The second kappa shape index (κ2) is 22.8. The molecule has 20 atom stereocenters. The molecule has 0 saturated carbocycles. The molecule has 0 spiro atoms. The average molecular weight is 1110 g/mol. The van der Waals surface area contributed by atoms with Gasteiger partial charge in [-0.15, -0.1) is 0 Å². The lowest BCUT2D eigenvalue weighted by Gasteiger charge is -2.34. The van der Waals surface area contributed by atoms with Crippen LogP contribution in [-0.4, -0.2) is 217 Å². The molecular weight excluding hydrogens is 1020 g/mol. The smallest absolute Gasteiger partial charge is 0.407 e. The van der Waals surface area contributed by atoms with Crippen LogP contribution in [0.1, 0.15) is 102 Å². The normalized spacial score (nSPS) is 38.4. The summed E-state index contributed by atoms with van der Waals surface area (Å²) in [4.78, 5) is 70.4. The Balaban J connectivity index is 1.05. The maximum atomic E-state index is 14.9. The van der Waals surface area contributed by atoms with Crippen LogP contribution in [-0.2, 0) is 104 Å². The third kappa shape index (κ3) is 13.5. The van der Waals surface area contributed by atoms with Crippen molar-refractivity contribution >= 4 is 29.8 Å². The fourth-order valence-corrected chi connectivity index (χ4v) is 11.5. The first-order valence-electron chi connectivity index (χ1n) is 26.1. The van der Waals surface area contributed by atoms with Crippen LogP contribution in [0.2, 0.25) is 0 Å². The summed E-state index contributed by atoms with van der Waals surface area (Å²) < 4.78 is 108. The lowest BCUT2D eigenvalue weighted by Crippen LogP contribution is -2.57. The zero-order valence-corrected chi connectivity index (χ0v) is 46.8. The number of carbonyl (C=O) groups is 5. The zero-order valence-electron chi connectivity index (χ0n) is 46.8. The molecule has 0 aromatic carbocycles. The van der Waals surface area contributed by atoms with Crippen molar-refractivity contribution in [3.05, 3.63) is 0 Å². The van der Waals surface area contributed by atoms with Crippen LogP contribution in [0, 0.1) is 0 Å². The maximum Gasteiger partial charge on any atom is 0.407 e. The second-order valence-electron chi connectivity index (χ2n) is 23.2. The van der Waals surface area contributed by atoms with Crippen LogP contribution in [0.4, 0.5) is 4.79 Å². The van der Waals surface area contributed by atoms with Crippen molar-refractivity contribution in [1.82, 2.24) is 21.3 Å². The molecule has 0 bridgehead atoms. The van der Waals surface area contributed by atoms with E-state index in [2.05, 4.69) is 21.3 Å². The summed E-state index contributed by atoms with van der Waals surface area (Å²) in [7, 11) is 7.00. The number of carbonyl (C=O) groups excluding carboxylic acids is 5. The number of fused-ring (bicyclic) bond motifs is 4. The molecule has 0 aromatic rings. The van der Waals surface area contributed by atoms with Crippen molar-refractivity contribution in [2.75, 3.05) is 35.5 Å². The number of alkyl carbamates (subject to hydrolysis) is 1. The Morgan fingerprint density at radius 1 is 0.416 bits per heavy atom. The summed E-state index contributed by atoms with van der Waals surface area (Å²) in [6.07, 6.45) is -16.6. The van der Waals surface area contributed by atoms with Gasteiger partial charge in [0.25, 0.3) is 0 Å². The average Bonchev–Trinajstić information content (AvgIpc) is 4.23. The van der Waals surface area contributed by atoms with Gasteiger partial charge in [-0.3, -0.25) is 19.2 Å². The van der Waals surface area contributed by atoms with Crippen molar-refractivity contribution in [2.45, 2.75) is 253 Å². The topological polar surface area (TPSA) is 300 Å². The van der Waals surface area contributed by atoms with E-state index in [-0.39, 0.29) is 6.42 Å². The Kier molecular flexibility index (Phi) is 17.7. The van der Waals surface area contributed by atoms with Crippen molar-refractivity contribution in [3.8, 4) is 0 Å². The molecule has 8 heterocycles. The Hall–Kier alpha value is -3.49. The molecule has 8 saturated heterocycles. The summed E-state index contributed by atoms with van der Waals surface area (Å²) in [6, 6.07) is -4.53. The van der Waals surface area contributed by atoms with E-state index in [0.717, 1.165) is 0 Å². The van der Waals surface area contributed by atoms with E-state index in [9.17, 15) is 24.0 Å². The summed E-state index contributed by atoms with van der Waals surface area (Å²) in [5.41, 5.74) is -0.907. The molecule has 8 rings (SSSR count). The number of ether oxygens (including phenoxy) is 18. The molecule has 8 fully saturated rings. The molecule has 0 aliphatic carbocycles. The molecule has 27 nitrogen and oxygen atoms in total. The Labute approximate surface area is 448 Å². The summed E-state index contributed by atoms with van der Waals surface area (Å²) >= 11 is 0. The predicted molar refractivity (Wildman–Crippen MR) is 257 cm³/mol. The molecule has 0 aromatic heterocycles. The van der Waals surface area contributed by atoms with Gasteiger partial charge in [-0.1, -0.05) is 0 Å². The Bertz CT molecular complexity index is 2140. The number of esters is 1. The molecular formula is C50H80N4O23. The predicted octanol–water partition coefficient (Wildman–Crippen LogP) is 0.633. The van der Waals surface area contributed by atoms with Crippen LogP contribution < -0.4 is 21.3 Å². The number of rotatable bonds is 20. The lowest BCUT2D eigenvalue weighted by atomic mass is 9.96. The van der Waals surface area contributed by atoms with Gasteiger partial charge >= 0.3 is 12.1 Å². The summed E-state index contributed by atoms with van der Waals surface area (Å²) in [5, 5.41) is 11.6. The quantitative estimate of drug-likeness (QED) is 0.122. The summed E-state index contributed by atoms with van der Waals surface area (Å²) in [5.74, 6) is -6.75. The molecule has 0 radical (unpaired) electrons. The van der Waals surface area contributed by atoms with E-state index in [4.69, 9.17) is 85.3 Å². The van der Waals surface area contributed by atoms with Gasteiger partial charge in [0.05, 0.1) is 37.7 Å². The minimum atomic E-state index is -1.20. The van der Waals surface area contributed by atoms with E-state index in [1.165, 1.54) is 35.5 Å². The van der Waals surface area contributed by atoms with E-state index < -0.39 is 200 Å². The molecule has 77 heavy (non-hydrogen) atoms. The highest BCUT2D eigenvalue weighted by atomic mass is 16.9. The minimum absolute atomic E-state index is 0.335. The molecule has 4 amide bonds. The van der Waals surface area contributed by atoms with Gasteiger partial charge in [0.1, 0.15) is 78.8 Å². The van der Waals surface area contributed by atoms with Gasteiger partial charge in [0.2, 0.25) is 17.7 Å². The highest BCUT2D eigenvalue weighted by Gasteiger charge is 2.62. The van der Waals surface area contributed by atoms with Crippen LogP contribution >= 0.6 is 0 Å². The van der Waals surface area contributed by atoms with E-state index in [0.29, 0.717) is 0 Å². The first kappa shape index (κ1) is 59.6. The highest BCUT2D eigenvalue weighted by Crippen LogP contribution is 2.44. The fraction of sp³-hybridized carbons (Fsp3) is 0.900. The number of methoxy groups -OCH3 is 5. The summed E-state index contributed by atoms with van der Waals surface area (Å²) in [6.45, 7) is 18.9. The molecule has 8 aliphatic heterocycles. The largest absolute Gasteiger partial charge is 0.469 e. The SMILES string of the molecule is COC(=O)CC(NC(=O)CC(NC(=O)CC(NC(=O)CC(NC(=O)OC(C)(C)C)[C@@H]1O[C@@H]2OC(C)(C)O[C@@H]2[C@H]1OC)[C@@H]1O[C@@H]2OC(C)(C)O[C@@H]2[C@H]1OC)[C@@H]1O[C@@H]2OC(C)(C)O[C@@H]2[C@H]1OC)[C@@H]1O[C@@H]2OC(C)(C)O[C@@H]2[C@H]1OC. The van der Waals surface area contributed by atoms with Crippen LogP contribution in [0.15, 0.2) is 0 Å². The number of hydrogen-bond acceptors (Lipinski definition) is 23. The maximum absolute atomic E-state index is 14.9. The molecule has 4 unspecified atom stereocenters. The van der Waals surface area contributed by atoms with Crippen LogP contribution in [0.5, 0.6) is 0 Å². The van der Waals surface area contributed by atoms with Crippen molar-refractivity contribution in [3.63, 3.8) is 0 Å². The van der Waals surface area contributed by atoms with Crippen LogP contribution in [0.25, 0.3) is 0 Å². The molecule has 4 N–H and O–H groups in total. The third-order valence-electron chi connectivity index (χ3n) is 14.4. The van der Waals surface area contributed by atoms with E-state index in [1.807, 2.05) is 0 Å². The number of hydrogen-bond donors (Lipinski definition) is 4. The van der Waals surface area contributed by atoms with Crippen molar-refractivity contribution in [2.24, 2.45) is 0 Å². The molecule has 27 heteroatoms. The van der Waals surface area contributed by atoms with E-state index in [1.54, 1.807) is 76.2 Å². The van der Waals surface area contributed by atoms with Gasteiger partial charge in [-0.05, 0) is 76.2 Å². The van der Waals surface area contributed by atoms with E-state index >= 15 is 0 Å². The van der Waals surface area contributed by atoms with Gasteiger partial charge in [-0.2, -0.15) is 0 Å². The molecule has 8 aliphatic rings. The van der Waals surface area contributed by atoms with Crippen LogP contribution in [0.3, 0.4) is 0 Å². The van der Waals surface area contributed by atoms with Gasteiger partial charge in [-0.25, -0.2) is 4.79 Å². The standard InChI is InChI=1S/C50H80N4O23/c1-46(2,3)77-45(59)54-23(31-35(63-15)39-43(67-31)75-49(8,9)71-39)19-27(57)52-21(29-33(61-13)37-41(65-29)73-47(4,5)69-37)17-25(55)51-22(30-34(62-14)38-42(66-30)74-48(6,7)70-38)18-26(56)53-24(20-28(58)60-12)32-36(64-16)40-44(68-32)76-50(10,11)72-40/h21-24,29-44H,17-20H2,1-16H3,(H,51,55)(H,52,57)(H,53,56)(H,54,59)/t21?,22?,23?,24?,29-,30-,31-,32-,33-,34-,35-,36-,37+,38+,39+,40+,41+,42+,43+,44+/m0/s1. The zero-order chi connectivity index (χ0) is 56.3. The Morgan fingerprint density at radius 2 is 0.675 bits per heavy atom. The first-order chi connectivity index (χ1) is 36.0. The van der Waals surface area contributed by atoms with Crippen molar-refractivity contribution < 1.29 is 109 Å². The highest BCUT2D eigenvalue weighted by molar-refractivity contribution is 5.83. The number of nitrogens with one attached hydrogen (secondary N) is 4. The van der Waals surface area contributed by atoms with Gasteiger partial charge in [0, 0.05) is 47.7 Å². The third-order valence-corrected chi connectivity index (χ3v) is 14.4.